The molecule has 1 rings (SSSR count). The molecule has 1 aromatic rings. The summed E-state index contributed by atoms with van der Waals surface area (Å²) in [6, 6.07) is 8.68. The van der Waals surface area contributed by atoms with Gasteiger partial charge in [0.25, 0.3) is 0 Å². The second kappa shape index (κ2) is 5.85. The van der Waals surface area contributed by atoms with Crippen molar-refractivity contribution in [3.8, 4) is 11.8 Å². The van der Waals surface area contributed by atoms with E-state index in [-0.39, 0.29) is 0 Å². The van der Waals surface area contributed by atoms with Crippen LogP contribution in [0.3, 0.4) is 0 Å². The molecule has 0 aliphatic rings. The fraction of sp³-hybridized carbons (Fsp3) is 0.333. The third kappa shape index (κ3) is 3.53. The minimum atomic E-state index is 0.351. The van der Waals surface area contributed by atoms with Crippen molar-refractivity contribution in [1.82, 2.24) is 5.32 Å². The summed E-state index contributed by atoms with van der Waals surface area (Å²) in [5.41, 5.74) is 1.28. The van der Waals surface area contributed by atoms with Crippen LogP contribution in [-0.4, -0.2) is 6.54 Å². The number of halogens is 1. The van der Waals surface area contributed by atoms with E-state index in [1.54, 1.807) is 0 Å². The third-order valence-electron chi connectivity index (χ3n) is 2.04. The molecule has 0 spiro atoms. The topological polar surface area (TPSA) is 12.0 Å². The molecule has 0 amide bonds. The Hall–Kier alpha value is -0.780. The van der Waals surface area contributed by atoms with E-state index in [1.807, 2.05) is 6.92 Å². The second-order valence-electron chi connectivity index (χ2n) is 3.08. The smallest absolute Gasteiger partial charge is 0.0581 e. The van der Waals surface area contributed by atoms with Crippen LogP contribution >= 0.6 is 15.9 Å². The lowest BCUT2D eigenvalue weighted by molar-refractivity contribution is 0.623. The Morgan fingerprint density at radius 1 is 1.36 bits per heavy atom. The highest BCUT2D eigenvalue weighted by Gasteiger charge is 2.02. The summed E-state index contributed by atoms with van der Waals surface area (Å²) < 4.78 is 1.11. The molecule has 74 valence electrons. The zero-order chi connectivity index (χ0) is 10.4. The maximum atomic E-state index is 3.42. The van der Waals surface area contributed by atoms with Crippen LogP contribution in [0.5, 0.6) is 0 Å². The average Bonchev–Trinajstić information content (AvgIpc) is 2.19. The first-order valence-corrected chi connectivity index (χ1v) is 5.42. The van der Waals surface area contributed by atoms with Crippen molar-refractivity contribution in [2.24, 2.45) is 0 Å². The number of rotatable bonds is 3. The molecule has 0 heterocycles. The van der Waals surface area contributed by atoms with Gasteiger partial charge in [0.15, 0.2) is 0 Å². The summed E-state index contributed by atoms with van der Waals surface area (Å²) in [6.45, 7) is 4.74. The van der Waals surface area contributed by atoms with Crippen molar-refractivity contribution in [1.29, 1.82) is 0 Å². The SMILES string of the molecule is CC#CCN[C@H](C)c1ccc(Br)cc1. The van der Waals surface area contributed by atoms with Crippen LogP contribution in [0, 0.1) is 11.8 Å². The Bertz CT molecular complexity index is 332. The Kier molecular flexibility index (Phi) is 4.72. The van der Waals surface area contributed by atoms with Crippen LogP contribution in [0.4, 0.5) is 0 Å². The number of hydrogen-bond donors (Lipinski definition) is 1. The Balaban J connectivity index is 2.54. The van der Waals surface area contributed by atoms with Gasteiger partial charge in [0, 0.05) is 10.5 Å². The molecule has 0 unspecified atom stereocenters. The molecule has 1 nitrogen and oxygen atoms in total. The van der Waals surface area contributed by atoms with Gasteiger partial charge >= 0.3 is 0 Å². The molecule has 0 aliphatic carbocycles. The molecule has 1 atom stereocenters. The first kappa shape index (κ1) is 11.3. The van der Waals surface area contributed by atoms with Crippen LogP contribution in [-0.2, 0) is 0 Å². The van der Waals surface area contributed by atoms with Gasteiger partial charge in [-0.2, -0.15) is 0 Å². The molecular weight excluding hydrogens is 238 g/mol. The average molecular weight is 252 g/mol. The molecule has 1 aromatic carbocycles. The summed E-state index contributed by atoms with van der Waals surface area (Å²) in [5.74, 6) is 5.85. The van der Waals surface area contributed by atoms with Gasteiger partial charge in [-0.3, -0.25) is 5.32 Å². The van der Waals surface area contributed by atoms with E-state index < -0.39 is 0 Å². The van der Waals surface area contributed by atoms with Gasteiger partial charge in [-0.05, 0) is 31.5 Å². The molecular formula is C12H14BrN. The predicted molar refractivity (Wildman–Crippen MR) is 64.0 cm³/mol. The maximum absolute atomic E-state index is 3.42. The zero-order valence-electron chi connectivity index (χ0n) is 8.47. The van der Waals surface area contributed by atoms with E-state index in [2.05, 4.69) is 64.3 Å². The molecule has 0 aliphatic heterocycles. The van der Waals surface area contributed by atoms with Crippen LogP contribution in [0.25, 0.3) is 0 Å². The fourth-order valence-corrected chi connectivity index (χ4v) is 1.43. The minimum absolute atomic E-state index is 0.351. The summed E-state index contributed by atoms with van der Waals surface area (Å²) in [7, 11) is 0. The van der Waals surface area contributed by atoms with Crippen molar-refractivity contribution in [2.45, 2.75) is 19.9 Å². The van der Waals surface area contributed by atoms with Crippen LogP contribution in [0.1, 0.15) is 25.5 Å². The second-order valence-corrected chi connectivity index (χ2v) is 4.00. The van der Waals surface area contributed by atoms with Gasteiger partial charge in [0.1, 0.15) is 0 Å². The highest BCUT2D eigenvalue weighted by molar-refractivity contribution is 9.10. The molecule has 0 aromatic heterocycles. The predicted octanol–water partition coefficient (Wildman–Crippen LogP) is 3.12. The van der Waals surface area contributed by atoms with Gasteiger partial charge in [-0.1, -0.05) is 34.0 Å². The summed E-state index contributed by atoms with van der Waals surface area (Å²) in [6.07, 6.45) is 0. The van der Waals surface area contributed by atoms with E-state index >= 15 is 0 Å². The van der Waals surface area contributed by atoms with Gasteiger partial charge in [0.05, 0.1) is 6.54 Å². The van der Waals surface area contributed by atoms with Crippen molar-refractivity contribution in [3.05, 3.63) is 34.3 Å². The number of nitrogens with one attached hydrogen (secondary N) is 1. The Morgan fingerprint density at radius 3 is 2.57 bits per heavy atom. The van der Waals surface area contributed by atoms with E-state index in [1.165, 1.54) is 5.56 Å². The summed E-state index contributed by atoms with van der Waals surface area (Å²) in [5, 5.41) is 3.33. The van der Waals surface area contributed by atoms with Crippen molar-refractivity contribution < 1.29 is 0 Å². The lowest BCUT2D eigenvalue weighted by atomic mass is 10.1. The molecule has 0 bridgehead atoms. The van der Waals surface area contributed by atoms with Gasteiger partial charge < -0.3 is 0 Å². The Labute approximate surface area is 94.0 Å². The normalized spacial score (nSPS) is 11.6. The number of benzene rings is 1. The van der Waals surface area contributed by atoms with Gasteiger partial charge in [0.2, 0.25) is 0 Å². The molecule has 0 saturated carbocycles. The van der Waals surface area contributed by atoms with E-state index in [0.29, 0.717) is 6.04 Å². The van der Waals surface area contributed by atoms with Crippen molar-refractivity contribution in [3.63, 3.8) is 0 Å². The number of hydrogen-bond acceptors (Lipinski definition) is 1. The van der Waals surface area contributed by atoms with Crippen molar-refractivity contribution >= 4 is 15.9 Å². The van der Waals surface area contributed by atoms with E-state index in [0.717, 1.165) is 11.0 Å². The lowest BCUT2D eigenvalue weighted by Gasteiger charge is -2.11. The summed E-state index contributed by atoms with van der Waals surface area (Å²) in [4.78, 5) is 0. The third-order valence-corrected chi connectivity index (χ3v) is 2.57. The van der Waals surface area contributed by atoms with Crippen LogP contribution in [0.2, 0.25) is 0 Å². The van der Waals surface area contributed by atoms with E-state index in [9.17, 15) is 0 Å². The monoisotopic (exact) mass is 251 g/mol. The molecule has 14 heavy (non-hydrogen) atoms. The van der Waals surface area contributed by atoms with E-state index in [4.69, 9.17) is 0 Å². The molecule has 0 fully saturated rings. The Morgan fingerprint density at radius 2 is 2.00 bits per heavy atom. The quantitative estimate of drug-likeness (QED) is 0.815. The standard InChI is InChI=1S/C12H14BrN/c1-3-4-9-14-10(2)11-5-7-12(13)8-6-11/h5-8,10,14H,9H2,1-2H3/t10-/m1/s1. The molecule has 0 saturated heterocycles. The highest BCUT2D eigenvalue weighted by Crippen LogP contribution is 2.15. The largest absolute Gasteiger partial charge is 0.300 e. The van der Waals surface area contributed by atoms with Crippen molar-refractivity contribution in [2.75, 3.05) is 6.54 Å². The maximum Gasteiger partial charge on any atom is 0.0581 e. The van der Waals surface area contributed by atoms with Gasteiger partial charge in [-0.15, -0.1) is 5.92 Å². The zero-order valence-corrected chi connectivity index (χ0v) is 10.1. The first-order chi connectivity index (χ1) is 6.74. The minimum Gasteiger partial charge on any atom is -0.300 e. The first-order valence-electron chi connectivity index (χ1n) is 4.62. The van der Waals surface area contributed by atoms with Crippen LogP contribution < -0.4 is 5.32 Å². The van der Waals surface area contributed by atoms with Crippen LogP contribution in [0.15, 0.2) is 28.7 Å². The molecule has 0 radical (unpaired) electrons. The lowest BCUT2D eigenvalue weighted by Crippen LogP contribution is -2.18. The van der Waals surface area contributed by atoms with Gasteiger partial charge in [-0.25, -0.2) is 0 Å². The molecule has 1 N–H and O–H groups in total. The molecule has 2 heteroatoms. The highest BCUT2D eigenvalue weighted by atomic mass is 79.9. The fourth-order valence-electron chi connectivity index (χ4n) is 1.16. The summed E-state index contributed by atoms with van der Waals surface area (Å²) >= 11 is 3.42.